The minimum absolute atomic E-state index is 0.286. The van der Waals surface area contributed by atoms with Crippen LogP contribution in [0.5, 0.6) is 11.5 Å². The zero-order valence-electron chi connectivity index (χ0n) is 16.3. The second-order valence-corrected chi connectivity index (χ2v) is 5.97. The van der Waals surface area contributed by atoms with Crippen molar-refractivity contribution in [1.82, 2.24) is 9.97 Å². The molecule has 0 saturated carbocycles. The number of hydrogen-bond acceptors (Lipinski definition) is 6. The van der Waals surface area contributed by atoms with E-state index in [-0.39, 0.29) is 5.91 Å². The largest absolute Gasteiger partial charge is 0.497 e. The topological polar surface area (TPSA) is 85.4 Å². The number of rotatable bonds is 8. The van der Waals surface area contributed by atoms with Gasteiger partial charge in [-0.05, 0) is 55.0 Å². The number of carbonyl (C=O) groups excluding carboxylic acids is 1. The summed E-state index contributed by atoms with van der Waals surface area (Å²) < 4.78 is 10.5. The van der Waals surface area contributed by atoms with Crippen LogP contribution in [-0.4, -0.2) is 29.6 Å². The van der Waals surface area contributed by atoms with Crippen LogP contribution in [0.15, 0.2) is 67.0 Å². The van der Waals surface area contributed by atoms with E-state index in [9.17, 15) is 4.79 Å². The van der Waals surface area contributed by atoms with Crippen molar-refractivity contribution in [3.8, 4) is 11.5 Å². The van der Waals surface area contributed by atoms with Crippen LogP contribution in [0.25, 0.3) is 6.08 Å². The van der Waals surface area contributed by atoms with Crippen molar-refractivity contribution in [2.75, 3.05) is 24.4 Å². The lowest BCUT2D eigenvalue weighted by Crippen LogP contribution is -2.09. The van der Waals surface area contributed by atoms with Gasteiger partial charge in [-0.3, -0.25) is 4.79 Å². The van der Waals surface area contributed by atoms with Gasteiger partial charge in [0.1, 0.15) is 29.5 Å². The molecule has 1 heterocycles. The minimum Gasteiger partial charge on any atom is -0.497 e. The number of amides is 1. The zero-order valence-corrected chi connectivity index (χ0v) is 16.3. The zero-order chi connectivity index (χ0) is 20.5. The van der Waals surface area contributed by atoms with Crippen molar-refractivity contribution < 1.29 is 14.3 Å². The van der Waals surface area contributed by atoms with E-state index >= 15 is 0 Å². The van der Waals surface area contributed by atoms with Gasteiger partial charge < -0.3 is 20.1 Å². The molecule has 0 aliphatic carbocycles. The standard InChI is InChI=1S/C22H22N4O3/c1-3-29-19-11-7-17(8-12-19)25-20-14-21(24-15-23-20)26-22(27)13-6-16-4-9-18(28-2)10-5-16/h4-15H,3H2,1-2H3,(H2,23,24,25,26,27)/b13-6+. The van der Waals surface area contributed by atoms with Crippen LogP contribution in [0, 0.1) is 0 Å². The van der Waals surface area contributed by atoms with E-state index < -0.39 is 0 Å². The van der Waals surface area contributed by atoms with Gasteiger partial charge in [0.2, 0.25) is 5.91 Å². The van der Waals surface area contributed by atoms with E-state index in [1.54, 1.807) is 19.3 Å². The third kappa shape index (κ3) is 6.07. The maximum atomic E-state index is 12.2. The molecule has 0 spiro atoms. The summed E-state index contributed by atoms with van der Waals surface area (Å²) in [4.78, 5) is 20.4. The van der Waals surface area contributed by atoms with E-state index in [4.69, 9.17) is 9.47 Å². The predicted octanol–water partition coefficient (Wildman–Crippen LogP) is 4.28. The third-order valence-corrected chi connectivity index (χ3v) is 3.90. The Bertz CT molecular complexity index is 970. The summed E-state index contributed by atoms with van der Waals surface area (Å²) in [5.74, 6) is 2.25. The Balaban J connectivity index is 1.59. The van der Waals surface area contributed by atoms with E-state index in [1.807, 2.05) is 55.5 Å². The molecular weight excluding hydrogens is 368 g/mol. The lowest BCUT2D eigenvalue weighted by molar-refractivity contribution is -0.111. The number of methoxy groups -OCH3 is 1. The van der Waals surface area contributed by atoms with Gasteiger partial charge in [-0.1, -0.05) is 12.1 Å². The van der Waals surface area contributed by atoms with Gasteiger partial charge in [-0.15, -0.1) is 0 Å². The highest BCUT2D eigenvalue weighted by Crippen LogP contribution is 2.20. The van der Waals surface area contributed by atoms with E-state index in [0.29, 0.717) is 18.2 Å². The Hall–Kier alpha value is -3.87. The number of nitrogens with one attached hydrogen (secondary N) is 2. The highest BCUT2D eigenvalue weighted by Gasteiger charge is 2.03. The molecule has 148 valence electrons. The van der Waals surface area contributed by atoms with E-state index in [0.717, 1.165) is 22.7 Å². The molecule has 1 amide bonds. The lowest BCUT2D eigenvalue weighted by atomic mass is 10.2. The molecule has 2 aromatic carbocycles. The van der Waals surface area contributed by atoms with E-state index in [2.05, 4.69) is 20.6 Å². The fourth-order valence-electron chi connectivity index (χ4n) is 2.50. The van der Waals surface area contributed by atoms with Crippen LogP contribution >= 0.6 is 0 Å². The molecule has 3 rings (SSSR count). The molecule has 1 aromatic heterocycles. The van der Waals surface area contributed by atoms with Crippen LogP contribution < -0.4 is 20.1 Å². The summed E-state index contributed by atoms with van der Waals surface area (Å²) in [5, 5.41) is 5.89. The van der Waals surface area contributed by atoms with Crippen molar-refractivity contribution in [1.29, 1.82) is 0 Å². The molecule has 7 heteroatoms. The highest BCUT2D eigenvalue weighted by molar-refractivity contribution is 6.01. The van der Waals surface area contributed by atoms with Crippen LogP contribution in [0.4, 0.5) is 17.3 Å². The quantitative estimate of drug-likeness (QED) is 0.559. The molecule has 0 aliphatic heterocycles. The van der Waals surface area contributed by atoms with Gasteiger partial charge in [0.25, 0.3) is 0 Å². The maximum absolute atomic E-state index is 12.2. The average Bonchev–Trinajstić information content (AvgIpc) is 2.74. The number of hydrogen-bond donors (Lipinski definition) is 2. The molecule has 0 saturated heterocycles. The number of benzene rings is 2. The van der Waals surface area contributed by atoms with Gasteiger partial charge in [-0.2, -0.15) is 0 Å². The number of nitrogens with zero attached hydrogens (tertiary/aromatic N) is 2. The first kappa shape index (κ1) is 19.9. The Morgan fingerprint density at radius 2 is 1.69 bits per heavy atom. The smallest absolute Gasteiger partial charge is 0.249 e. The highest BCUT2D eigenvalue weighted by atomic mass is 16.5. The third-order valence-electron chi connectivity index (χ3n) is 3.90. The van der Waals surface area contributed by atoms with Crippen molar-refractivity contribution in [2.24, 2.45) is 0 Å². The SMILES string of the molecule is CCOc1ccc(Nc2cc(NC(=O)/C=C/c3ccc(OC)cc3)ncn2)cc1. The molecule has 0 radical (unpaired) electrons. The molecule has 0 bridgehead atoms. The van der Waals surface area contributed by atoms with Crippen LogP contribution in [0.1, 0.15) is 12.5 Å². The molecule has 3 aromatic rings. The summed E-state index contributed by atoms with van der Waals surface area (Å²) in [7, 11) is 1.61. The molecule has 29 heavy (non-hydrogen) atoms. The molecule has 2 N–H and O–H groups in total. The number of carbonyl (C=O) groups is 1. The Kier molecular flexibility index (Phi) is 6.78. The van der Waals surface area contributed by atoms with Gasteiger partial charge in [-0.25, -0.2) is 9.97 Å². The molecule has 7 nitrogen and oxygen atoms in total. The fraction of sp³-hybridized carbons (Fsp3) is 0.136. The van der Waals surface area contributed by atoms with Crippen molar-refractivity contribution in [2.45, 2.75) is 6.92 Å². The average molecular weight is 390 g/mol. The number of aromatic nitrogens is 2. The maximum Gasteiger partial charge on any atom is 0.249 e. The molecule has 0 aliphatic rings. The van der Waals surface area contributed by atoms with Gasteiger partial charge in [0.05, 0.1) is 13.7 Å². The van der Waals surface area contributed by atoms with Crippen molar-refractivity contribution in [3.05, 3.63) is 72.6 Å². The first-order valence-electron chi connectivity index (χ1n) is 9.11. The number of ether oxygens (including phenoxy) is 2. The molecular formula is C22H22N4O3. The second kappa shape index (κ2) is 9.89. The van der Waals surface area contributed by atoms with Crippen LogP contribution in [-0.2, 0) is 4.79 Å². The lowest BCUT2D eigenvalue weighted by Gasteiger charge is -2.08. The minimum atomic E-state index is -0.286. The second-order valence-electron chi connectivity index (χ2n) is 5.97. The monoisotopic (exact) mass is 390 g/mol. The Labute approximate surface area is 169 Å². The van der Waals surface area contributed by atoms with E-state index in [1.165, 1.54) is 12.4 Å². The molecule has 0 atom stereocenters. The molecule has 0 unspecified atom stereocenters. The molecule has 0 fully saturated rings. The summed E-state index contributed by atoms with van der Waals surface area (Å²) in [6.07, 6.45) is 4.55. The Morgan fingerprint density at radius 1 is 1.00 bits per heavy atom. The Morgan fingerprint density at radius 3 is 2.38 bits per heavy atom. The summed E-state index contributed by atoms with van der Waals surface area (Å²) in [6, 6.07) is 16.6. The van der Waals surface area contributed by atoms with Crippen LogP contribution in [0.3, 0.4) is 0 Å². The fourth-order valence-corrected chi connectivity index (χ4v) is 2.50. The van der Waals surface area contributed by atoms with Gasteiger partial charge >= 0.3 is 0 Å². The first-order valence-corrected chi connectivity index (χ1v) is 9.11. The van der Waals surface area contributed by atoms with Crippen LogP contribution in [0.2, 0.25) is 0 Å². The first-order chi connectivity index (χ1) is 14.2. The summed E-state index contributed by atoms with van der Waals surface area (Å²) in [6.45, 7) is 2.56. The summed E-state index contributed by atoms with van der Waals surface area (Å²) >= 11 is 0. The van der Waals surface area contributed by atoms with Gasteiger partial charge in [0.15, 0.2) is 0 Å². The van der Waals surface area contributed by atoms with Crippen molar-refractivity contribution in [3.63, 3.8) is 0 Å². The van der Waals surface area contributed by atoms with Crippen molar-refractivity contribution >= 4 is 29.3 Å². The predicted molar refractivity (Wildman–Crippen MR) is 114 cm³/mol. The summed E-state index contributed by atoms with van der Waals surface area (Å²) in [5.41, 5.74) is 1.74. The number of anilines is 3. The normalized spacial score (nSPS) is 10.6. The van der Waals surface area contributed by atoms with Gasteiger partial charge in [0, 0.05) is 17.8 Å².